The van der Waals surface area contributed by atoms with Crippen LogP contribution < -0.4 is 5.32 Å². The molecule has 0 aromatic carbocycles. The molecule has 2 heterocycles. The molecule has 4 heteroatoms. The quantitative estimate of drug-likeness (QED) is 0.839. The van der Waals surface area contributed by atoms with E-state index in [-0.39, 0.29) is 0 Å². The second kappa shape index (κ2) is 4.09. The minimum absolute atomic E-state index is 0.392. The molecule has 1 fully saturated rings. The smallest absolute Gasteiger partial charge is 0.0731 e. The Labute approximate surface area is 90.4 Å². The van der Waals surface area contributed by atoms with Gasteiger partial charge in [-0.2, -0.15) is 0 Å². The topological polar surface area (TPSA) is 21.3 Å². The maximum absolute atomic E-state index is 5.41. The van der Waals surface area contributed by atoms with Crippen LogP contribution in [0, 0.1) is 6.92 Å². The lowest BCUT2D eigenvalue weighted by atomic mass is 10.2. The molecule has 2 rings (SSSR count). The van der Waals surface area contributed by atoms with E-state index in [9.17, 15) is 0 Å². The van der Waals surface area contributed by atoms with E-state index in [1.807, 2.05) is 0 Å². The van der Waals surface area contributed by atoms with Crippen molar-refractivity contribution < 1.29 is 4.74 Å². The SMILES string of the molecule is Cc1cc([C@H]2COCCN2)sc1Br. The maximum Gasteiger partial charge on any atom is 0.0731 e. The van der Waals surface area contributed by atoms with Crippen molar-refractivity contribution in [1.29, 1.82) is 0 Å². The van der Waals surface area contributed by atoms with Crippen LogP contribution in [0.2, 0.25) is 0 Å². The lowest BCUT2D eigenvalue weighted by molar-refractivity contribution is 0.0779. The molecule has 1 atom stereocenters. The number of ether oxygens (including phenoxy) is 1. The van der Waals surface area contributed by atoms with E-state index in [2.05, 4.69) is 34.2 Å². The van der Waals surface area contributed by atoms with Crippen LogP contribution in [0.4, 0.5) is 0 Å². The van der Waals surface area contributed by atoms with Crippen LogP contribution in [0.15, 0.2) is 9.85 Å². The first-order valence-corrected chi connectivity index (χ1v) is 5.95. The van der Waals surface area contributed by atoms with Gasteiger partial charge in [0.25, 0.3) is 0 Å². The van der Waals surface area contributed by atoms with Crippen LogP contribution in [0.3, 0.4) is 0 Å². The Balaban J connectivity index is 2.14. The molecule has 1 aliphatic rings. The van der Waals surface area contributed by atoms with Gasteiger partial charge >= 0.3 is 0 Å². The summed E-state index contributed by atoms with van der Waals surface area (Å²) >= 11 is 5.33. The van der Waals surface area contributed by atoms with E-state index in [0.717, 1.165) is 19.8 Å². The standard InChI is InChI=1S/C9H12BrNOS/c1-6-4-8(13-9(6)10)7-5-12-3-2-11-7/h4,7,11H,2-3,5H2,1H3/t7-/m1/s1. The molecule has 1 N–H and O–H groups in total. The Morgan fingerprint density at radius 2 is 2.54 bits per heavy atom. The highest BCUT2D eigenvalue weighted by Gasteiger charge is 2.17. The first-order chi connectivity index (χ1) is 6.27. The predicted molar refractivity (Wildman–Crippen MR) is 58.3 cm³/mol. The summed E-state index contributed by atoms with van der Waals surface area (Å²) in [5, 5.41) is 3.44. The van der Waals surface area contributed by atoms with Gasteiger partial charge in [-0.25, -0.2) is 0 Å². The van der Waals surface area contributed by atoms with Crippen molar-refractivity contribution >= 4 is 27.3 Å². The largest absolute Gasteiger partial charge is 0.378 e. The third-order valence-corrected chi connectivity index (χ3v) is 4.39. The highest BCUT2D eigenvalue weighted by Crippen LogP contribution is 2.31. The molecule has 0 saturated carbocycles. The van der Waals surface area contributed by atoms with E-state index >= 15 is 0 Å². The molecule has 0 radical (unpaired) electrons. The minimum Gasteiger partial charge on any atom is -0.378 e. The highest BCUT2D eigenvalue weighted by molar-refractivity contribution is 9.11. The lowest BCUT2D eigenvalue weighted by Gasteiger charge is -2.22. The third-order valence-electron chi connectivity index (χ3n) is 2.14. The van der Waals surface area contributed by atoms with Crippen LogP contribution in [-0.2, 0) is 4.74 Å². The number of morpholine rings is 1. The van der Waals surface area contributed by atoms with Crippen molar-refractivity contribution in [2.75, 3.05) is 19.8 Å². The molecule has 72 valence electrons. The Morgan fingerprint density at radius 1 is 1.69 bits per heavy atom. The first-order valence-electron chi connectivity index (χ1n) is 4.34. The maximum atomic E-state index is 5.41. The summed E-state index contributed by atoms with van der Waals surface area (Å²) in [7, 11) is 0. The van der Waals surface area contributed by atoms with Crippen molar-refractivity contribution in [1.82, 2.24) is 5.32 Å². The van der Waals surface area contributed by atoms with Gasteiger partial charge in [0.2, 0.25) is 0 Å². The number of rotatable bonds is 1. The third kappa shape index (κ3) is 2.13. The molecule has 0 amide bonds. The molecule has 0 aliphatic carbocycles. The zero-order chi connectivity index (χ0) is 9.26. The number of nitrogens with one attached hydrogen (secondary N) is 1. The van der Waals surface area contributed by atoms with Crippen molar-refractivity contribution in [3.05, 3.63) is 20.3 Å². The average Bonchev–Trinajstić information content (AvgIpc) is 2.49. The number of hydrogen-bond donors (Lipinski definition) is 1. The molecule has 13 heavy (non-hydrogen) atoms. The summed E-state index contributed by atoms with van der Waals surface area (Å²) in [6.07, 6.45) is 0. The van der Waals surface area contributed by atoms with Gasteiger partial charge in [-0.3, -0.25) is 0 Å². The zero-order valence-corrected chi connectivity index (χ0v) is 9.87. The average molecular weight is 262 g/mol. The van der Waals surface area contributed by atoms with E-state index in [1.54, 1.807) is 11.3 Å². The summed E-state index contributed by atoms with van der Waals surface area (Å²) < 4.78 is 6.65. The molecular formula is C9H12BrNOS. The number of hydrogen-bond acceptors (Lipinski definition) is 3. The van der Waals surface area contributed by atoms with E-state index in [1.165, 1.54) is 14.2 Å². The fourth-order valence-corrected chi connectivity index (χ4v) is 3.03. The number of thiophene rings is 1. The molecule has 1 aliphatic heterocycles. The molecular weight excluding hydrogens is 250 g/mol. The Hall–Kier alpha value is 0.100. The molecule has 0 spiro atoms. The first kappa shape index (κ1) is 9.65. The second-order valence-corrected chi connectivity index (χ2v) is 5.59. The van der Waals surface area contributed by atoms with Crippen LogP contribution in [-0.4, -0.2) is 19.8 Å². The van der Waals surface area contributed by atoms with Gasteiger partial charge in [0.1, 0.15) is 0 Å². The molecule has 0 unspecified atom stereocenters. The Kier molecular flexibility index (Phi) is 3.03. The van der Waals surface area contributed by atoms with Gasteiger partial charge < -0.3 is 10.1 Å². The number of halogens is 1. The van der Waals surface area contributed by atoms with Crippen LogP contribution in [0.1, 0.15) is 16.5 Å². The van der Waals surface area contributed by atoms with E-state index < -0.39 is 0 Å². The Bertz CT molecular complexity index is 274. The van der Waals surface area contributed by atoms with Gasteiger partial charge in [-0.05, 0) is 34.5 Å². The molecule has 1 aromatic heterocycles. The molecule has 2 nitrogen and oxygen atoms in total. The normalized spacial score (nSPS) is 23.4. The summed E-state index contributed by atoms with van der Waals surface area (Å²) in [4.78, 5) is 1.36. The van der Waals surface area contributed by atoms with Gasteiger partial charge in [0.15, 0.2) is 0 Å². The van der Waals surface area contributed by atoms with Gasteiger partial charge in [-0.15, -0.1) is 11.3 Å². The fourth-order valence-electron chi connectivity index (χ4n) is 1.40. The zero-order valence-electron chi connectivity index (χ0n) is 7.47. The van der Waals surface area contributed by atoms with Crippen LogP contribution >= 0.6 is 27.3 Å². The molecule has 1 aromatic rings. The highest BCUT2D eigenvalue weighted by atomic mass is 79.9. The molecule has 1 saturated heterocycles. The fraction of sp³-hybridized carbons (Fsp3) is 0.556. The van der Waals surface area contributed by atoms with Gasteiger partial charge in [-0.1, -0.05) is 0 Å². The minimum atomic E-state index is 0.392. The van der Waals surface area contributed by atoms with E-state index in [4.69, 9.17) is 4.74 Å². The van der Waals surface area contributed by atoms with Crippen molar-refractivity contribution in [3.8, 4) is 0 Å². The monoisotopic (exact) mass is 261 g/mol. The van der Waals surface area contributed by atoms with Gasteiger partial charge in [0.05, 0.1) is 23.0 Å². The molecule has 0 bridgehead atoms. The second-order valence-electron chi connectivity index (χ2n) is 3.19. The number of aryl methyl sites for hydroxylation is 1. The van der Waals surface area contributed by atoms with Crippen LogP contribution in [0.25, 0.3) is 0 Å². The lowest BCUT2D eigenvalue weighted by Crippen LogP contribution is -2.33. The Morgan fingerprint density at radius 3 is 3.08 bits per heavy atom. The van der Waals surface area contributed by atoms with Crippen molar-refractivity contribution in [2.24, 2.45) is 0 Å². The van der Waals surface area contributed by atoms with Crippen molar-refractivity contribution in [3.63, 3.8) is 0 Å². The summed E-state index contributed by atoms with van der Waals surface area (Å²) in [5.41, 5.74) is 1.31. The van der Waals surface area contributed by atoms with Crippen molar-refractivity contribution in [2.45, 2.75) is 13.0 Å². The van der Waals surface area contributed by atoms with Crippen LogP contribution in [0.5, 0.6) is 0 Å². The summed E-state index contributed by atoms with van der Waals surface area (Å²) in [6.45, 7) is 4.71. The summed E-state index contributed by atoms with van der Waals surface area (Å²) in [6, 6.07) is 2.62. The predicted octanol–water partition coefficient (Wildman–Crippen LogP) is 2.48. The van der Waals surface area contributed by atoms with Gasteiger partial charge in [0, 0.05) is 11.4 Å². The summed E-state index contributed by atoms with van der Waals surface area (Å²) in [5.74, 6) is 0. The van der Waals surface area contributed by atoms with E-state index in [0.29, 0.717) is 6.04 Å².